The van der Waals surface area contributed by atoms with E-state index in [1.807, 2.05) is 19.9 Å². The molecule has 2 heterocycles. The van der Waals surface area contributed by atoms with Gasteiger partial charge in [0.2, 0.25) is 15.2 Å². The number of hydrogen-bond acceptors (Lipinski definition) is 9. The van der Waals surface area contributed by atoms with Crippen LogP contribution < -0.4 is 5.32 Å². The SMILES string of the molecule is Cc1cccc(CSc2nnc(NCC(=O)c3cccc(S(=O)(=O)N4CC(C)OC(C)C4)c3)s2)c1. The molecule has 4 rings (SSSR count). The van der Waals surface area contributed by atoms with Crippen molar-refractivity contribution in [3.8, 4) is 0 Å². The van der Waals surface area contributed by atoms with Crippen LogP contribution in [-0.2, 0) is 20.5 Å². The lowest BCUT2D eigenvalue weighted by molar-refractivity contribution is -0.0440. The third kappa shape index (κ3) is 6.68. The largest absolute Gasteiger partial charge is 0.373 e. The van der Waals surface area contributed by atoms with Crippen molar-refractivity contribution in [1.82, 2.24) is 14.5 Å². The number of morpholine rings is 1. The number of ether oxygens (including phenoxy) is 1. The molecule has 1 aliphatic heterocycles. The molecule has 1 aliphatic rings. The highest BCUT2D eigenvalue weighted by atomic mass is 32.2. The van der Waals surface area contributed by atoms with E-state index in [0.29, 0.717) is 10.7 Å². The summed E-state index contributed by atoms with van der Waals surface area (Å²) in [6, 6.07) is 14.5. The monoisotopic (exact) mass is 532 g/mol. The van der Waals surface area contributed by atoms with Gasteiger partial charge in [0.15, 0.2) is 10.1 Å². The van der Waals surface area contributed by atoms with Crippen LogP contribution in [0.1, 0.15) is 35.3 Å². The Kier molecular flexibility index (Phi) is 8.23. The predicted octanol–water partition coefficient (Wildman–Crippen LogP) is 4.23. The summed E-state index contributed by atoms with van der Waals surface area (Å²) in [6.45, 7) is 6.33. The van der Waals surface area contributed by atoms with E-state index >= 15 is 0 Å². The molecule has 2 aromatic carbocycles. The Morgan fingerprint density at radius 1 is 1.14 bits per heavy atom. The van der Waals surface area contributed by atoms with Gasteiger partial charge in [-0.3, -0.25) is 4.79 Å². The Bertz CT molecular complexity index is 1290. The topological polar surface area (TPSA) is 101 Å². The number of sulfonamides is 1. The molecule has 2 atom stereocenters. The van der Waals surface area contributed by atoms with Gasteiger partial charge in [-0.2, -0.15) is 4.31 Å². The van der Waals surface area contributed by atoms with E-state index < -0.39 is 10.0 Å². The molecule has 0 radical (unpaired) electrons. The van der Waals surface area contributed by atoms with Gasteiger partial charge >= 0.3 is 0 Å². The van der Waals surface area contributed by atoms with Crippen LogP contribution in [0.2, 0.25) is 0 Å². The first kappa shape index (κ1) is 25.8. The van der Waals surface area contributed by atoms with Gasteiger partial charge in [-0.25, -0.2) is 8.42 Å². The highest BCUT2D eigenvalue weighted by Gasteiger charge is 2.32. The van der Waals surface area contributed by atoms with E-state index in [9.17, 15) is 13.2 Å². The van der Waals surface area contributed by atoms with Crippen molar-refractivity contribution < 1.29 is 17.9 Å². The van der Waals surface area contributed by atoms with Crippen molar-refractivity contribution in [3.63, 3.8) is 0 Å². The van der Waals surface area contributed by atoms with Crippen LogP contribution in [0.25, 0.3) is 0 Å². The number of nitrogens with zero attached hydrogens (tertiary/aromatic N) is 3. The van der Waals surface area contributed by atoms with Gasteiger partial charge in [-0.1, -0.05) is 65.1 Å². The first-order chi connectivity index (χ1) is 16.7. The molecular formula is C24H28N4O4S3. The van der Waals surface area contributed by atoms with Crippen LogP contribution in [0, 0.1) is 6.92 Å². The second-order valence-electron chi connectivity index (χ2n) is 8.53. The first-order valence-electron chi connectivity index (χ1n) is 11.3. The predicted molar refractivity (Wildman–Crippen MR) is 139 cm³/mol. The van der Waals surface area contributed by atoms with Gasteiger partial charge in [-0.05, 0) is 38.5 Å². The lowest BCUT2D eigenvalue weighted by Crippen LogP contribution is -2.48. The summed E-state index contributed by atoms with van der Waals surface area (Å²) < 4.78 is 34.2. The third-order valence-electron chi connectivity index (χ3n) is 5.43. The van der Waals surface area contributed by atoms with E-state index in [1.54, 1.807) is 23.9 Å². The van der Waals surface area contributed by atoms with Crippen molar-refractivity contribution in [2.75, 3.05) is 25.0 Å². The van der Waals surface area contributed by atoms with Gasteiger partial charge in [0.25, 0.3) is 0 Å². The van der Waals surface area contributed by atoms with Crippen molar-refractivity contribution in [1.29, 1.82) is 0 Å². The summed E-state index contributed by atoms with van der Waals surface area (Å²) in [5.41, 5.74) is 2.75. The smallest absolute Gasteiger partial charge is 0.243 e. The average Bonchev–Trinajstić information content (AvgIpc) is 3.28. The number of aromatic nitrogens is 2. The standard InChI is InChI=1S/C24H28N4O4S3/c1-16-6-4-7-19(10-16)15-33-24-27-26-23(34-24)25-12-22(29)20-8-5-9-21(11-20)35(30,31)28-13-17(2)32-18(3)14-28/h4-11,17-18H,12-15H2,1-3H3,(H,25,26). The van der Waals surface area contributed by atoms with Crippen LogP contribution in [0.15, 0.2) is 57.8 Å². The van der Waals surface area contributed by atoms with E-state index in [4.69, 9.17) is 4.74 Å². The fourth-order valence-electron chi connectivity index (χ4n) is 3.85. The molecule has 1 aromatic heterocycles. The molecule has 1 N–H and O–H groups in total. The number of aryl methyl sites for hydroxylation is 1. The number of Topliss-reactive ketones (excluding diaryl/α,β-unsaturated/α-hetero) is 1. The number of anilines is 1. The van der Waals surface area contributed by atoms with Crippen molar-refractivity contribution in [2.45, 2.75) is 48.0 Å². The second-order valence-corrected chi connectivity index (χ2v) is 12.7. The fourth-order valence-corrected chi connectivity index (χ4v) is 7.18. The third-order valence-corrected chi connectivity index (χ3v) is 9.34. The van der Waals surface area contributed by atoms with Gasteiger partial charge in [0.1, 0.15) is 0 Å². The zero-order chi connectivity index (χ0) is 25.0. The molecule has 1 fully saturated rings. The average molecular weight is 533 g/mol. The summed E-state index contributed by atoms with van der Waals surface area (Å²) >= 11 is 2.97. The van der Waals surface area contributed by atoms with E-state index in [2.05, 4.69) is 40.6 Å². The Labute approximate surface area is 214 Å². The van der Waals surface area contributed by atoms with Crippen LogP contribution in [0.3, 0.4) is 0 Å². The highest BCUT2D eigenvalue weighted by molar-refractivity contribution is 8.00. The maximum absolute atomic E-state index is 13.1. The van der Waals surface area contributed by atoms with E-state index in [0.717, 1.165) is 10.1 Å². The number of nitrogens with one attached hydrogen (secondary N) is 1. The van der Waals surface area contributed by atoms with Crippen molar-refractivity contribution >= 4 is 44.0 Å². The maximum atomic E-state index is 13.1. The van der Waals surface area contributed by atoms with E-state index in [1.165, 1.54) is 38.9 Å². The highest BCUT2D eigenvalue weighted by Crippen LogP contribution is 2.28. The summed E-state index contributed by atoms with van der Waals surface area (Å²) in [6.07, 6.45) is -0.372. The molecule has 186 valence electrons. The van der Waals surface area contributed by atoms with Crippen molar-refractivity contribution in [3.05, 3.63) is 65.2 Å². The molecular weight excluding hydrogens is 504 g/mol. The minimum Gasteiger partial charge on any atom is -0.373 e. The van der Waals surface area contributed by atoms with Crippen LogP contribution in [0.4, 0.5) is 5.13 Å². The van der Waals surface area contributed by atoms with Crippen LogP contribution in [0.5, 0.6) is 0 Å². The van der Waals surface area contributed by atoms with Gasteiger partial charge in [0.05, 0.1) is 23.6 Å². The molecule has 11 heteroatoms. The molecule has 35 heavy (non-hydrogen) atoms. The summed E-state index contributed by atoms with van der Waals surface area (Å²) in [4.78, 5) is 12.9. The van der Waals surface area contributed by atoms with Crippen LogP contribution >= 0.6 is 23.1 Å². The maximum Gasteiger partial charge on any atom is 0.243 e. The Hall–Kier alpha value is -2.31. The molecule has 0 bridgehead atoms. The van der Waals surface area contributed by atoms with Gasteiger partial charge in [-0.15, -0.1) is 10.2 Å². The molecule has 3 aromatic rings. The number of thioether (sulfide) groups is 1. The first-order valence-corrected chi connectivity index (χ1v) is 14.5. The number of carbonyl (C=O) groups is 1. The quantitative estimate of drug-likeness (QED) is 0.323. The summed E-state index contributed by atoms with van der Waals surface area (Å²) in [5, 5.41) is 11.8. The Morgan fingerprint density at radius 3 is 2.63 bits per heavy atom. The normalized spacial score (nSPS) is 18.9. The summed E-state index contributed by atoms with van der Waals surface area (Å²) in [7, 11) is -3.72. The lowest BCUT2D eigenvalue weighted by Gasteiger charge is -2.34. The molecule has 0 spiro atoms. The molecule has 1 saturated heterocycles. The van der Waals surface area contributed by atoms with Crippen LogP contribution in [-0.4, -0.2) is 60.5 Å². The zero-order valence-electron chi connectivity index (χ0n) is 19.8. The fraction of sp³-hybridized carbons (Fsp3) is 0.375. The summed E-state index contributed by atoms with van der Waals surface area (Å²) in [5.74, 6) is 0.562. The number of hydrogen-bond donors (Lipinski definition) is 1. The lowest BCUT2D eigenvalue weighted by atomic mass is 10.1. The molecule has 2 unspecified atom stereocenters. The molecule has 0 aliphatic carbocycles. The van der Waals surface area contributed by atoms with E-state index in [-0.39, 0.29) is 42.5 Å². The van der Waals surface area contributed by atoms with Gasteiger partial charge < -0.3 is 10.1 Å². The molecule has 0 saturated carbocycles. The number of ketones is 1. The number of benzene rings is 2. The molecule has 0 amide bonds. The number of carbonyl (C=O) groups excluding carboxylic acids is 1. The molecule has 8 nitrogen and oxygen atoms in total. The minimum atomic E-state index is -3.72. The van der Waals surface area contributed by atoms with Gasteiger partial charge in [0, 0.05) is 24.4 Å². The number of rotatable bonds is 9. The Balaban J connectivity index is 1.35. The minimum absolute atomic E-state index is 0.00764. The van der Waals surface area contributed by atoms with Crippen molar-refractivity contribution in [2.24, 2.45) is 0 Å². The Morgan fingerprint density at radius 2 is 1.89 bits per heavy atom. The second kappa shape index (κ2) is 11.2. The zero-order valence-corrected chi connectivity index (χ0v) is 22.3.